The predicted molar refractivity (Wildman–Crippen MR) is 78.7 cm³/mol. The van der Waals surface area contributed by atoms with Crippen LogP contribution in [-0.2, 0) is 4.74 Å². The zero-order valence-electron chi connectivity index (χ0n) is 11.9. The van der Waals surface area contributed by atoms with Crippen molar-refractivity contribution in [3.05, 3.63) is 24.2 Å². The molecule has 3 heterocycles. The lowest BCUT2D eigenvalue weighted by molar-refractivity contribution is 0.0270. The third kappa shape index (κ3) is 1.80. The average molecular weight is 295 g/mol. The minimum absolute atomic E-state index is 0.159. The Labute approximate surface area is 123 Å². The van der Waals surface area contributed by atoms with Crippen LogP contribution in [0.15, 0.2) is 18.5 Å². The summed E-state index contributed by atoms with van der Waals surface area (Å²) in [5, 5.41) is 4.27. The number of nitrogens with two attached hydrogens (primary N) is 1. The number of hydrogen-bond donors (Lipinski definition) is 1. The standard InChI is InChI=1S/C14H19ClN4O/c1-4-11-8(2)14(3,15)12(20-11)9-5-6-10-13(16)17-7-18-19(9)10/h5-8,11-12H,4H2,1-3H3,(H2,16,17,18)/t8-,11-,12?,14-/m1/s1. The van der Waals surface area contributed by atoms with Gasteiger partial charge in [-0.05, 0) is 25.5 Å². The largest absolute Gasteiger partial charge is 0.382 e. The molecule has 0 amide bonds. The van der Waals surface area contributed by atoms with E-state index in [4.69, 9.17) is 22.1 Å². The van der Waals surface area contributed by atoms with Crippen LogP contribution in [-0.4, -0.2) is 25.6 Å². The van der Waals surface area contributed by atoms with Gasteiger partial charge in [0.2, 0.25) is 0 Å². The van der Waals surface area contributed by atoms with E-state index in [-0.39, 0.29) is 18.1 Å². The van der Waals surface area contributed by atoms with E-state index in [0.717, 1.165) is 17.6 Å². The van der Waals surface area contributed by atoms with Gasteiger partial charge >= 0.3 is 0 Å². The quantitative estimate of drug-likeness (QED) is 0.865. The van der Waals surface area contributed by atoms with Gasteiger partial charge in [0.25, 0.3) is 0 Å². The van der Waals surface area contributed by atoms with Crippen molar-refractivity contribution in [2.75, 3.05) is 5.73 Å². The maximum atomic E-state index is 6.78. The van der Waals surface area contributed by atoms with E-state index in [1.807, 2.05) is 19.1 Å². The van der Waals surface area contributed by atoms with Crippen molar-refractivity contribution in [3.8, 4) is 0 Å². The van der Waals surface area contributed by atoms with Crippen molar-refractivity contribution < 1.29 is 4.74 Å². The Bertz CT molecular complexity index is 639. The fourth-order valence-corrected chi connectivity index (χ4v) is 3.31. The SMILES string of the molecule is CC[C@H]1OC(c2ccc3c(N)ncnn23)[C@](C)(Cl)[C@@H]1C. The summed E-state index contributed by atoms with van der Waals surface area (Å²) in [6.45, 7) is 6.29. The Balaban J connectivity index is 2.10. The fraction of sp³-hybridized carbons (Fsp3) is 0.571. The van der Waals surface area contributed by atoms with Gasteiger partial charge in [-0.15, -0.1) is 11.6 Å². The number of fused-ring (bicyclic) bond motifs is 1. The van der Waals surface area contributed by atoms with Crippen LogP contribution in [0.5, 0.6) is 0 Å². The van der Waals surface area contributed by atoms with Crippen LogP contribution < -0.4 is 5.73 Å². The highest BCUT2D eigenvalue weighted by Crippen LogP contribution is 2.50. The Kier molecular flexibility index (Phi) is 3.14. The zero-order valence-corrected chi connectivity index (χ0v) is 12.6. The molecule has 2 N–H and O–H groups in total. The van der Waals surface area contributed by atoms with Crippen molar-refractivity contribution >= 4 is 22.9 Å². The van der Waals surface area contributed by atoms with Gasteiger partial charge in [-0.1, -0.05) is 13.8 Å². The lowest BCUT2D eigenvalue weighted by atomic mass is 9.87. The molecule has 1 saturated heterocycles. The molecule has 1 aliphatic rings. The summed E-state index contributed by atoms with van der Waals surface area (Å²) < 4.78 is 7.95. The fourth-order valence-electron chi connectivity index (χ4n) is 3.01. The molecular formula is C14H19ClN4O. The van der Waals surface area contributed by atoms with Gasteiger partial charge in [-0.3, -0.25) is 0 Å². The molecule has 1 fully saturated rings. The number of aromatic nitrogens is 3. The van der Waals surface area contributed by atoms with Crippen LogP contribution in [0.1, 0.15) is 39.0 Å². The summed E-state index contributed by atoms with van der Waals surface area (Å²) in [5.41, 5.74) is 7.58. The van der Waals surface area contributed by atoms with Crippen molar-refractivity contribution in [2.24, 2.45) is 5.92 Å². The summed E-state index contributed by atoms with van der Waals surface area (Å²) >= 11 is 6.78. The van der Waals surface area contributed by atoms with Crippen molar-refractivity contribution in [1.29, 1.82) is 0 Å². The van der Waals surface area contributed by atoms with Gasteiger partial charge in [-0.2, -0.15) is 5.10 Å². The molecule has 0 spiro atoms. The number of nitrogen functional groups attached to an aromatic ring is 1. The molecule has 1 aliphatic heterocycles. The second-order valence-electron chi connectivity index (χ2n) is 5.60. The third-order valence-electron chi connectivity index (χ3n) is 4.45. The summed E-state index contributed by atoms with van der Waals surface area (Å²) in [5.74, 6) is 0.726. The monoisotopic (exact) mass is 294 g/mol. The van der Waals surface area contributed by atoms with Crippen molar-refractivity contribution in [1.82, 2.24) is 14.6 Å². The Hall–Kier alpha value is -1.33. The van der Waals surface area contributed by atoms with E-state index in [2.05, 4.69) is 23.9 Å². The van der Waals surface area contributed by atoms with Crippen LogP contribution in [0.4, 0.5) is 5.82 Å². The van der Waals surface area contributed by atoms with E-state index >= 15 is 0 Å². The maximum absolute atomic E-state index is 6.78. The Morgan fingerprint density at radius 1 is 1.50 bits per heavy atom. The van der Waals surface area contributed by atoms with E-state index in [0.29, 0.717) is 5.82 Å². The number of anilines is 1. The summed E-state index contributed by atoms with van der Waals surface area (Å²) in [4.78, 5) is 3.54. The first-order valence-corrected chi connectivity index (χ1v) is 7.27. The third-order valence-corrected chi connectivity index (χ3v) is 5.00. The predicted octanol–water partition coefficient (Wildman–Crippen LogP) is 2.80. The van der Waals surface area contributed by atoms with E-state index in [9.17, 15) is 0 Å². The normalized spacial score (nSPS) is 33.9. The van der Waals surface area contributed by atoms with Crippen molar-refractivity contribution in [3.63, 3.8) is 0 Å². The van der Waals surface area contributed by atoms with Gasteiger partial charge < -0.3 is 10.5 Å². The highest BCUT2D eigenvalue weighted by atomic mass is 35.5. The molecule has 0 aliphatic carbocycles. The molecule has 108 valence electrons. The van der Waals surface area contributed by atoms with Crippen LogP contribution in [0.3, 0.4) is 0 Å². The minimum Gasteiger partial charge on any atom is -0.382 e. The van der Waals surface area contributed by atoms with Crippen LogP contribution in [0.2, 0.25) is 0 Å². The first-order valence-electron chi connectivity index (χ1n) is 6.89. The van der Waals surface area contributed by atoms with Gasteiger partial charge in [0.05, 0.1) is 16.7 Å². The molecule has 2 aromatic rings. The molecule has 4 atom stereocenters. The average Bonchev–Trinajstić information content (AvgIpc) is 2.92. The number of hydrogen-bond acceptors (Lipinski definition) is 4. The molecule has 2 aromatic heterocycles. The summed E-state index contributed by atoms with van der Waals surface area (Å²) in [6.07, 6.45) is 2.35. The van der Waals surface area contributed by atoms with Gasteiger partial charge in [0.1, 0.15) is 17.9 Å². The highest BCUT2D eigenvalue weighted by Gasteiger charge is 2.51. The lowest BCUT2D eigenvalue weighted by Gasteiger charge is -2.26. The lowest BCUT2D eigenvalue weighted by Crippen LogP contribution is -2.30. The molecule has 1 unspecified atom stereocenters. The Morgan fingerprint density at radius 2 is 2.25 bits per heavy atom. The highest BCUT2D eigenvalue weighted by molar-refractivity contribution is 6.24. The Morgan fingerprint density at radius 3 is 2.90 bits per heavy atom. The number of ether oxygens (including phenoxy) is 1. The first kappa shape index (κ1) is 13.6. The molecule has 0 saturated carbocycles. The minimum atomic E-state index is -0.464. The van der Waals surface area contributed by atoms with E-state index < -0.39 is 4.87 Å². The smallest absolute Gasteiger partial charge is 0.151 e. The van der Waals surface area contributed by atoms with Crippen LogP contribution >= 0.6 is 11.6 Å². The van der Waals surface area contributed by atoms with E-state index in [1.165, 1.54) is 6.33 Å². The molecule has 3 rings (SSSR count). The molecule has 0 bridgehead atoms. The first-order chi connectivity index (χ1) is 9.46. The van der Waals surface area contributed by atoms with Crippen LogP contribution in [0, 0.1) is 5.92 Å². The molecule has 20 heavy (non-hydrogen) atoms. The molecule has 6 heteroatoms. The van der Waals surface area contributed by atoms with E-state index in [1.54, 1.807) is 4.52 Å². The molecular weight excluding hydrogens is 276 g/mol. The molecule has 0 aromatic carbocycles. The second kappa shape index (κ2) is 4.60. The van der Waals surface area contributed by atoms with Crippen molar-refractivity contribution in [2.45, 2.75) is 44.3 Å². The number of halogens is 1. The zero-order chi connectivity index (χ0) is 14.5. The summed E-state index contributed by atoms with van der Waals surface area (Å²) in [6, 6.07) is 3.88. The van der Waals surface area contributed by atoms with Crippen LogP contribution in [0.25, 0.3) is 5.52 Å². The molecule has 5 nitrogen and oxygen atoms in total. The number of rotatable bonds is 2. The maximum Gasteiger partial charge on any atom is 0.151 e. The number of nitrogens with zero attached hydrogens (tertiary/aromatic N) is 3. The second-order valence-corrected chi connectivity index (χ2v) is 6.42. The van der Waals surface area contributed by atoms with Gasteiger partial charge in [0.15, 0.2) is 5.82 Å². The topological polar surface area (TPSA) is 65.4 Å². The van der Waals surface area contributed by atoms with Gasteiger partial charge in [0, 0.05) is 5.92 Å². The van der Waals surface area contributed by atoms with Gasteiger partial charge in [-0.25, -0.2) is 9.50 Å². The molecule has 0 radical (unpaired) electrons. The summed E-state index contributed by atoms with van der Waals surface area (Å²) in [7, 11) is 0. The number of alkyl halides is 1.